The Hall–Kier alpha value is -2.51. The molecule has 4 rings (SSSR count). The van der Waals surface area contributed by atoms with Gasteiger partial charge in [-0.1, -0.05) is 35.6 Å². The maximum atomic E-state index is 12.6. The first-order valence-electron chi connectivity index (χ1n) is 7.43. The molecule has 5 nitrogen and oxygen atoms in total. The van der Waals surface area contributed by atoms with Crippen molar-refractivity contribution in [3.63, 3.8) is 0 Å². The van der Waals surface area contributed by atoms with Crippen molar-refractivity contribution in [1.82, 2.24) is 14.6 Å². The van der Waals surface area contributed by atoms with E-state index in [1.807, 2.05) is 54.8 Å². The van der Waals surface area contributed by atoms with Gasteiger partial charge in [0.1, 0.15) is 5.75 Å². The number of para-hydroxylation sites is 1. The maximum absolute atomic E-state index is 12.6. The van der Waals surface area contributed by atoms with Crippen molar-refractivity contribution in [3.05, 3.63) is 62.2 Å². The Balaban J connectivity index is 1.82. The van der Waals surface area contributed by atoms with Gasteiger partial charge in [0.25, 0.3) is 5.56 Å². The number of thiophene rings is 1. The Morgan fingerprint density at radius 2 is 2.12 bits per heavy atom. The number of hydrogen-bond acceptors (Lipinski definition) is 6. The van der Waals surface area contributed by atoms with Crippen LogP contribution in [0.5, 0.6) is 5.75 Å². The summed E-state index contributed by atoms with van der Waals surface area (Å²) in [5.41, 5.74) is 0.719. The molecule has 0 fully saturated rings. The van der Waals surface area contributed by atoms with E-state index < -0.39 is 0 Å². The molecule has 0 radical (unpaired) electrons. The van der Waals surface area contributed by atoms with Crippen LogP contribution in [0.2, 0.25) is 0 Å². The van der Waals surface area contributed by atoms with Crippen molar-refractivity contribution in [1.29, 1.82) is 0 Å². The van der Waals surface area contributed by atoms with Gasteiger partial charge in [-0.25, -0.2) is 0 Å². The number of rotatable bonds is 4. The summed E-state index contributed by atoms with van der Waals surface area (Å²) in [6.07, 6.45) is 1.83. The molecule has 3 aromatic heterocycles. The fourth-order valence-electron chi connectivity index (χ4n) is 2.37. The first kappa shape index (κ1) is 15.0. The van der Waals surface area contributed by atoms with Gasteiger partial charge in [0.15, 0.2) is 5.82 Å². The van der Waals surface area contributed by atoms with Crippen LogP contribution in [-0.2, 0) is 0 Å². The number of thiazole rings is 1. The molecular weight excluding hydrogens is 342 g/mol. The standard InChI is InChI=1S/C17H13N3O2S2/c1-2-22-12-7-4-3-6-11(12)10-14-16(21)20-17(24-14)18-15(19-20)13-8-5-9-23-13/h3-10H,2H2,1H3/b14-10-. The molecule has 0 N–H and O–H groups in total. The van der Waals surface area contributed by atoms with E-state index in [0.29, 0.717) is 21.9 Å². The summed E-state index contributed by atoms with van der Waals surface area (Å²) < 4.78 is 7.57. The summed E-state index contributed by atoms with van der Waals surface area (Å²) in [6, 6.07) is 11.5. The van der Waals surface area contributed by atoms with Crippen LogP contribution < -0.4 is 14.8 Å². The number of nitrogens with zero attached hydrogens (tertiary/aromatic N) is 3. The molecule has 1 aromatic carbocycles. The van der Waals surface area contributed by atoms with Gasteiger partial charge < -0.3 is 4.74 Å². The minimum absolute atomic E-state index is 0.156. The molecule has 0 aliphatic rings. The molecule has 0 atom stereocenters. The summed E-state index contributed by atoms with van der Waals surface area (Å²) in [5.74, 6) is 1.35. The van der Waals surface area contributed by atoms with E-state index in [2.05, 4.69) is 10.1 Å². The van der Waals surface area contributed by atoms with Crippen LogP contribution in [0.1, 0.15) is 12.5 Å². The highest BCUT2D eigenvalue weighted by Crippen LogP contribution is 2.22. The van der Waals surface area contributed by atoms with E-state index in [1.165, 1.54) is 15.9 Å². The third kappa shape index (κ3) is 2.61. The highest BCUT2D eigenvalue weighted by Gasteiger charge is 2.12. The van der Waals surface area contributed by atoms with Gasteiger partial charge in [-0.2, -0.15) is 9.50 Å². The molecule has 0 saturated carbocycles. The third-order valence-electron chi connectivity index (χ3n) is 3.43. The van der Waals surface area contributed by atoms with Crippen molar-refractivity contribution in [2.45, 2.75) is 6.92 Å². The Morgan fingerprint density at radius 1 is 1.25 bits per heavy atom. The van der Waals surface area contributed by atoms with Crippen molar-refractivity contribution in [2.24, 2.45) is 0 Å². The van der Waals surface area contributed by atoms with Crippen LogP contribution in [0.3, 0.4) is 0 Å². The quantitative estimate of drug-likeness (QED) is 0.565. The molecular formula is C17H13N3O2S2. The molecule has 0 saturated heterocycles. The van der Waals surface area contributed by atoms with Gasteiger partial charge in [-0.05, 0) is 30.5 Å². The second-order valence-electron chi connectivity index (χ2n) is 4.99. The fourth-order valence-corrected chi connectivity index (χ4v) is 3.92. The Labute approximate surface area is 145 Å². The fraction of sp³-hybridized carbons (Fsp3) is 0.118. The smallest absolute Gasteiger partial charge is 0.291 e. The predicted molar refractivity (Wildman–Crippen MR) is 96.8 cm³/mol. The molecule has 0 bridgehead atoms. The van der Waals surface area contributed by atoms with Crippen molar-refractivity contribution in [2.75, 3.05) is 6.61 Å². The first-order chi connectivity index (χ1) is 11.8. The molecule has 4 aromatic rings. The second-order valence-corrected chi connectivity index (χ2v) is 6.95. The summed E-state index contributed by atoms with van der Waals surface area (Å²) in [7, 11) is 0. The number of fused-ring (bicyclic) bond motifs is 1. The van der Waals surface area contributed by atoms with Crippen molar-refractivity contribution >= 4 is 33.7 Å². The highest BCUT2D eigenvalue weighted by atomic mass is 32.1. The zero-order valence-electron chi connectivity index (χ0n) is 12.8. The predicted octanol–water partition coefficient (Wildman–Crippen LogP) is 2.83. The molecule has 120 valence electrons. The van der Waals surface area contributed by atoms with E-state index in [9.17, 15) is 4.79 Å². The molecule has 0 aliphatic carbocycles. The first-order valence-corrected chi connectivity index (χ1v) is 9.13. The lowest BCUT2D eigenvalue weighted by atomic mass is 10.2. The van der Waals surface area contributed by atoms with Gasteiger partial charge in [-0.15, -0.1) is 16.4 Å². The average molecular weight is 355 g/mol. The lowest BCUT2D eigenvalue weighted by Crippen LogP contribution is -2.23. The van der Waals surface area contributed by atoms with E-state index in [4.69, 9.17) is 4.74 Å². The maximum Gasteiger partial charge on any atom is 0.291 e. The molecule has 0 spiro atoms. The Morgan fingerprint density at radius 3 is 2.88 bits per heavy atom. The lowest BCUT2D eigenvalue weighted by molar-refractivity contribution is 0.339. The molecule has 0 amide bonds. The summed E-state index contributed by atoms with van der Waals surface area (Å²) in [4.78, 5) is 18.6. The van der Waals surface area contributed by atoms with Crippen LogP contribution in [0.4, 0.5) is 0 Å². The number of ether oxygens (including phenoxy) is 1. The normalized spacial score (nSPS) is 12.1. The van der Waals surface area contributed by atoms with Crippen LogP contribution in [0, 0.1) is 0 Å². The van der Waals surface area contributed by atoms with Gasteiger partial charge in [-0.3, -0.25) is 4.79 Å². The van der Waals surface area contributed by atoms with Gasteiger partial charge >= 0.3 is 0 Å². The highest BCUT2D eigenvalue weighted by molar-refractivity contribution is 7.15. The Kier molecular flexibility index (Phi) is 3.87. The minimum Gasteiger partial charge on any atom is -0.493 e. The van der Waals surface area contributed by atoms with E-state index >= 15 is 0 Å². The van der Waals surface area contributed by atoms with E-state index in [0.717, 1.165) is 16.2 Å². The lowest BCUT2D eigenvalue weighted by Gasteiger charge is -2.05. The number of benzene rings is 1. The van der Waals surface area contributed by atoms with Crippen LogP contribution in [0.25, 0.3) is 21.7 Å². The topological polar surface area (TPSA) is 56.5 Å². The van der Waals surface area contributed by atoms with Crippen molar-refractivity contribution in [3.8, 4) is 16.5 Å². The summed E-state index contributed by atoms with van der Waals surface area (Å²) >= 11 is 2.89. The summed E-state index contributed by atoms with van der Waals surface area (Å²) in [5, 5.41) is 6.30. The second kappa shape index (κ2) is 6.18. The van der Waals surface area contributed by atoms with Crippen LogP contribution >= 0.6 is 22.7 Å². The molecule has 7 heteroatoms. The Bertz CT molecular complexity index is 1100. The van der Waals surface area contributed by atoms with E-state index in [-0.39, 0.29) is 5.56 Å². The minimum atomic E-state index is -0.156. The van der Waals surface area contributed by atoms with Gasteiger partial charge in [0.05, 0.1) is 16.0 Å². The molecule has 24 heavy (non-hydrogen) atoms. The third-order valence-corrected chi connectivity index (χ3v) is 5.25. The van der Waals surface area contributed by atoms with Crippen LogP contribution in [-0.4, -0.2) is 21.2 Å². The van der Waals surface area contributed by atoms with E-state index in [1.54, 1.807) is 11.3 Å². The molecule has 0 unspecified atom stereocenters. The van der Waals surface area contributed by atoms with Crippen LogP contribution in [0.15, 0.2) is 46.6 Å². The molecule has 0 aliphatic heterocycles. The zero-order chi connectivity index (χ0) is 16.5. The average Bonchev–Trinajstić information content (AvgIpc) is 3.29. The largest absolute Gasteiger partial charge is 0.493 e. The van der Waals surface area contributed by atoms with Crippen molar-refractivity contribution < 1.29 is 4.74 Å². The number of aromatic nitrogens is 3. The SMILES string of the molecule is CCOc1ccccc1/C=c1\sc2nc(-c3cccs3)nn2c1=O. The van der Waals surface area contributed by atoms with Gasteiger partial charge in [0.2, 0.25) is 4.96 Å². The monoisotopic (exact) mass is 355 g/mol. The number of hydrogen-bond donors (Lipinski definition) is 0. The molecule has 3 heterocycles. The van der Waals surface area contributed by atoms with Gasteiger partial charge in [0, 0.05) is 5.56 Å². The summed E-state index contributed by atoms with van der Waals surface area (Å²) in [6.45, 7) is 2.51. The zero-order valence-corrected chi connectivity index (χ0v) is 14.4.